The summed E-state index contributed by atoms with van der Waals surface area (Å²) in [5, 5.41) is 3.02. The number of amides is 2. The van der Waals surface area contributed by atoms with Crippen LogP contribution < -0.4 is 14.8 Å². The molecule has 2 aliphatic rings. The zero-order chi connectivity index (χ0) is 23.5. The molecular formula is C25H28N2O6. The molecule has 2 heterocycles. The largest absolute Gasteiger partial charge is 0.493 e. The van der Waals surface area contributed by atoms with Gasteiger partial charge in [-0.05, 0) is 43.9 Å². The zero-order valence-electron chi connectivity index (χ0n) is 19.0. The van der Waals surface area contributed by atoms with Gasteiger partial charge >= 0.3 is 5.97 Å². The van der Waals surface area contributed by atoms with Crippen LogP contribution in [0.2, 0.25) is 0 Å². The van der Waals surface area contributed by atoms with Gasteiger partial charge in [0.05, 0.1) is 14.2 Å². The Balaban J connectivity index is 1.50. The first-order valence-corrected chi connectivity index (χ1v) is 11.1. The fraction of sp³-hybridized carbons (Fsp3) is 0.400. The second-order valence-electron chi connectivity index (χ2n) is 8.31. The highest BCUT2D eigenvalue weighted by Gasteiger charge is 2.47. The van der Waals surface area contributed by atoms with Crippen molar-refractivity contribution in [2.24, 2.45) is 0 Å². The van der Waals surface area contributed by atoms with Crippen LogP contribution in [0.25, 0.3) is 0 Å². The van der Waals surface area contributed by atoms with Crippen LogP contribution >= 0.6 is 0 Å². The van der Waals surface area contributed by atoms with E-state index in [1.54, 1.807) is 12.1 Å². The Kier molecular flexibility index (Phi) is 6.53. The third-order valence-corrected chi connectivity index (χ3v) is 6.17. The summed E-state index contributed by atoms with van der Waals surface area (Å²) in [4.78, 5) is 39.9. The Morgan fingerprint density at radius 3 is 2.61 bits per heavy atom. The minimum absolute atomic E-state index is 0.0713. The lowest BCUT2D eigenvalue weighted by Gasteiger charge is -2.30. The maximum Gasteiger partial charge on any atom is 0.344 e. The number of hydrogen-bond donors (Lipinski definition) is 1. The maximum absolute atomic E-state index is 13.1. The van der Waals surface area contributed by atoms with Gasteiger partial charge in [-0.15, -0.1) is 0 Å². The van der Waals surface area contributed by atoms with E-state index in [4.69, 9.17) is 14.2 Å². The summed E-state index contributed by atoms with van der Waals surface area (Å²) in [5.74, 6) is -0.437. The zero-order valence-corrected chi connectivity index (χ0v) is 19.0. The average molecular weight is 453 g/mol. The highest BCUT2D eigenvalue weighted by atomic mass is 16.6. The Morgan fingerprint density at radius 2 is 1.91 bits per heavy atom. The number of esters is 1. The Hall–Kier alpha value is -3.55. The maximum atomic E-state index is 13.1. The number of carbonyl (C=O) groups is 3. The molecule has 3 atom stereocenters. The van der Waals surface area contributed by atoms with Gasteiger partial charge in [0.2, 0.25) is 18.0 Å². The summed E-state index contributed by atoms with van der Waals surface area (Å²) in [5.41, 5.74) is 1.91. The van der Waals surface area contributed by atoms with E-state index in [1.807, 2.05) is 25.1 Å². The number of cyclic esters (lactones) is 1. The molecule has 2 aliphatic heterocycles. The summed E-state index contributed by atoms with van der Waals surface area (Å²) in [6.45, 7) is 1.95. The average Bonchev–Trinajstić information content (AvgIpc) is 3.37. The number of benzene rings is 2. The molecule has 0 aromatic heterocycles. The van der Waals surface area contributed by atoms with E-state index in [0.717, 1.165) is 12.8 Å². The van der Waals surface area contributed by atoms with Gasteiger partial charge in [-0.1, -0.05) is 30.3 Å². The highest BCUT2D eigenvalue weighted by Crippen LogP contribution is 2.45. The molecule has 1 fully saturated rings. The number of nitrogens with zero attached hydrogens (tertiary/aromatic N) is 1. The van der Waals surface area contributed by atoms with Crippen LogP contribution in [-0.2, 0) is 20.7 Å². The molecule has 0 radical (unpaired) electrons. The lowest BCUT2D eigenvalue weighted by atomic mass is 10.0. The van der Waals surface area contributed by atoms with Crippen LogP contribution in [0, 0.1) is 0 Å². The third-order valence-electron chi connectivity index (χ3n) is 6.17. The van der Waals surface area contributed by atoms with Crippen LogP contribution in [-0.4, -0.2) is 49.0 Å². The van der Waals surface area contributed by atoms with Crippen LogP contribution in [0.15, 0.2) is 42.5 Å². The molecule has 2 aromatic carbocycles. The van der Waals surface area contributed by atoms with E-state index in [9.17, 15) is 14.4 Å². The number of fused-ring (bicyclic) bond motifs is 1. The molecule has 8 nitrogen and oxygen atoms in total. The molecule has 0 saturated carbocycles. The van der Waals surface area contributed by atoms with Crippen molar-refractivity contribution < 1.29 is 28.6 Å². The molecule has 2 aromatic rings. The van der Waals surface area contributed by atoms with Crippen molar-refractivity contribution in [2.45, 2.75) is 50.9 Å². The quantitative estimate of drug-likeness (QED) is 0.619. The molecular weight excluding hydrogens is 424 g/mol. The van der Waals surface area contributed by atoms with Gasteiger partial charge in [0, 0.05) is 18.0 Å². The number of methoxy groups -OCH3 is 2. The van der Waals surface area contributed by atoms with Crippen molar-refractivity contribution in [1.29, 1.82) is 0 Å². The van der Waals surface area contributed by atoms with Crippen LogP contribution in [0.4, 0.5) is 0 Å². The monoisotopic (exact) mass is 452 g/mol. The predicted molar refractivity (Wildman–Crippen MR) is 120 cm³/mol. The van der Waals surface area contributed by atoms with Crippen molar-refractivity contribution in [3.05, 3.63) is 59.2 Å². The molecule has 174 valence electrons. The van der Waals surface area contributed by atoms with Gasteiger partial charge in [-0.25, -0.2) is 4.79 Å². The number of nitrogens with one attached hydrogen (secondary N) is 1. The van der Waals surface area contributed by atoms with Gasteiger partial charge in [-0.2, -0.15) is 0 Å². The fourth-order valence-electron chi connectivity index (χ4n) is 4.48. The summed E-state index contributed by atoms with van der Waals surface area (Å²) >= 11 is 0. The normalized spacial score (nSPS) is 20.3. The Bertz CT molecular complexity index is 1050. The molecule has 0 bridgehead atoms. The molecule has 0 spiro atoms. The number of ether oxygens (including phenoxy) is 3. The molecule has 33 heavy (non-hydrogen) atoms. The molecule has 3 unspecified atom stereocenters. The van der Waals surface area contributed by atoms with Crippen LogP contribution in [0.5, 0.6) is 11.5 Å². The number of hydrogen-bond acceptors (Lipinski definition) is 6. The molecule has 1 N–H and O–H groups in total. The molecule has 0 aliphatic carbocycles. The van der Waals surface area contributed by atoms with Crippen molar-refractivity contribution in [2.75, 3.05) is 14.2 Å². The minimum atomic E-state index is -0.974. The summed E-state index contributed by atoms with van der Waals surface area (Å²) in [6.07, 6.45) is 1.22. The SMILES string of the molecule is COc1ccc2c(c1OC)C(=O)OC2N1C(=O)CCC1C(=O)NC(C)CCc1ccccc1. The lowest BCUT2D eigenvalue weighted by Crippen LogP contribution is -2.48. The number of carbonyl (C=O) groups excluding carboxylic acids is 3. The number of aryl methyl sites for hydroxylation is 1. The third kappa shape index (κ3) is 4.37. The smallest absolute Gasteiger partial charge is 0.344 e. The van der Waals surface area contributed by atoms with E-state index in [-0.39, 0.29) is 35.6 Å². The lowest BCUT2D eigenvalue weighted by molar-refractivity contribution is -0.146. The van der Waals surface area contributed by atoms with Gasteiger partial charge in [0.1, 0.15) is 11.6 Å². The molecule has 2 amide bonds. The van der Waals surface area contributed by atoms with E-state index >= 15 is 0 Å². The van der Waals surface area contributed by atoms with Crippen molar-refractivity contribution in [1.82, 2.24) is 10.2 Å². The minimum Gasteiger partial charge on any atom is -0.493 e. The van der Waals surface area contributed by atoms with Gasteiger partial charge in [0.15, 0.2) is 11.5 Å². The molecule has 8 heteroatoms. The first kappa shape index (κ1) is 22.6. The van der Waals surface area contributed by atoms with Gasteiger partial charge < -0.3 is 19.5 Å². The van der Waals surface area contributed by atoms with Gasteiger partial charge in [-0.3, -0.25) is 14.5 Å². The van der Waals surface area contributed by atoms with E-state index in [0.29, 0.717) is 17.7 Å². The van der Waals surface area contributed by atoms with Crippen molar-refractivity contribution in [3.8, 4) is 11.5 Å². The molecule has 1 saturated heterocycles. The van der Waals surface area contributed by atoms with Crippen molar-refractivity contribution >= 4 is 17.8 Å². The van der Waals surface area contributed by atoms with E-state index < -0.39 is 18.2 Å². The Labute approximate surface area is 192 Å². The summed E-state index contributed by atoms with van der Waals surface area (Å²) in [6, 6.07) is 12.6. The van der Waals surface area contributed by atoms with E-state index in [2.05, 4.69) is 17.4 Å². The highest BCUT2D eigenvalue weighted by molar-refractivity contribution is 5.99. The van der Waals surface area contributed by atoms with Gasteiger partial charge in [0.25, 0.3) is 0 Å². The van der Waals surface area contributed by atoms with E-state index in [1.165, 1.54) is 24.7 Å². The number of likely N-dealkylation sites (tertiary alicyclic amines) is 1. The second-order valence-corrected chi connectivity index (χ2v) is 8.31. The summed E-state index contributed by atoms with van der Waals surface area (Å²) in [7, 11) is 2.91. The predicted octanol–water partition coefficient (Wildman–Crippen LogP) is 3.00. The number of rotatable bonds is 8. The summed E-state index contributed by atoms with van der Waals surface area (Å²) < 4.78 is 16.2. The standard InChI is InChI=1S/C25H28N2O6/c1-15(9-10-16-7-5-4-6-8-16)26-23(29)18-12-14-20(28)27(18)24-17-11-13-19(31-2)22(32-3)21(17)25(30)33-24/h4-8,11,13,15,18,24H,9-10,12,14H2,1-3H3,(H,26,29). The van der Waals surface area contributed by atoms with Crippen LogP contribution in [0.3, 0.4) is 0 Å². The van der Waals surface area contributed by atoms with Crippen LogP contribution in [0.1, 0.15) is 53.9 Å². The van der Waals surface area contributed by atoms with Crippen molar-refractivity contribution in [3.63, 3.8) is 0 Å². The fourth-order valence-corrected chi connectivity index (χ4v) is 4.48. The first-order valence-electron chi connectivity index (χ1n) is 11.1. The second kappa shape index (κ2) is 9.52. The molecule has 4 rings (SSSR count). The Morgan fingerprint density at radius 1 is 1.15 bits per heavy atom. The first-order chi connectivity index (χ1) is 15.9. The topological polar surface area (TPSA) is 94.2 Å².